The van der Waals surface area contributed by atoms with Crippen molar-refractivity contribution in [3.8, 4) is 0 Å². The molecule has 0 aromatic carbocycles. The summed E-state index contributed by atoms with van der Waals surface area (Å²) in [7, 11) is 1.81. The Morgan fingerprint density at radius 1 is 1.30 bits per heavy atom. The maximum absolute atomic E-state index is 5.44. The second-order valence-corrected chi connectivity index (χ2v) is 7.26. The molecule has 1 saturated heterocycles. The van der Waals surface area contributed by atoms with Gasteiger partial charge in [0.25, 0.3) is 0 Å². The summed E-state index contributed by atoms with van der Waals surface area (Å²) in [6, 6.07) is 2.69. The van der Waals surface area contributed by atoms with E-state index < -0.39 is 0 Å². The van der Waals surface area contributed by atoms with Crippen LogP contribution < -0.4 is 5.32 Å². The number of anilines is 1. The first kappa shape index (κ1) is 17.1. The van der Waals surface area contributed by atoms with E-state index in [9.17, 15) is 0 Å². The van der Waals surface area contributed by atoms with Crippen LogP contribution in [0.1, 0.15) is 31.2 Å². The van der Waals surface area contributed by atoms with Gasteiger partial charge < -0.3 is 14.8 Å². The van der Waals surface area contributed by atoms with Crippen molar-refractivity contribution in [1.29, 1.82) is 0 Å². The van der Waals surface area contributed by atoms with Crippen LogP contribution in [0, 0.1) is 0 Å². The summed E-state index contributed by atoms with van der Waals surface area (Å²) in [5.41, 5.74) is 1.29. The summed E-state index contributed by atoms with van der Waals surface area (Å²) in [4.78, 5) is 6.96. The molecule has 1 aliphatic heterocycles. The highest BCUT2D eigenvalue weighted by Gasteiger charge is 2.21. The van der Waals surface area contributed by atoms with Gasteiger partial charge in [-0.2, -0.15) is 0 Å². The largest absolute Gasteiger partial charge is 0.381 e. The van der Waals surface area contributed by atoms with E-state index in [4.69, 9.17) is 9.47 Å². The quantitative estimate of drug-likeness (QED) is 0.846. The molecule has 2 fully saturated rings. The van der Waals surface area contributed by atoms with Crippen molar-refractivity contribution in [2.45, 2.75) is 44.4 Å². The Morgan fingerprint density at radius 2 is 2.04 bits per heavy atom. The summed E-state index contributed by atoms with van der Waals surface area (Å²) in [5, 5.41) is 3.60. The first-order valence-electron chi connectivity index (χ1n) is 8.48. The topological polar surface area (TPSA) is 46.6 Å². The molecule has 6 heteroatoms. The SMILES string of the molecule is COC1CCC(Nc2cc(CN3CCOCC3)c(Br)cn2)CC1. The smallest absolute Gasteiger partial charge is 0.126 e. The highest BCUT2D eigenvalue weighted by Crippen LogP contribution is 2.25. The molecular weight excluding hydrogens is 358 g/mol. The number of nitrogens with one attached hydrogen (secondary N) is 1. The Balaban J connectivity index is 1.58. The number of methoxy groups -OCH3 is 1. The average molecular weight is 384 g/mol. The van der Waals surface area contributed by atoms with Crippen LogP contribution in [0.2, 0.25) is 0 Å². The fourth-order valence-corrected chi connectivity index (χ4v) is 3.67. The van der Waals surface area contributed by atoms with Gasteiger partial charge in [0.05, 0.1) is 19.3 Å². The fourth-order valence-electron chi connectivity index (χ4n) is 3.33. The molecule has 1 aromatic heterocycles. The van der Waals surface area contributed by atoms with Gasteiger partial charge in [-0.1, -0.05) is 0 Å². The lowest BCUT2D eigenvalue weighted by Gasteiger charge is -2.29. The van der Waals surface area contributed by atoms with Crippen LogP contribution in [0.3, 0.4) is 0 Å². The van der Waals surface area contributed by atoms with Crippen LogP contribution in [0.4, 0.5) is 5.82 Å². The van der Waals surface area contributed by atoms with Crippen LogP contribution in [0.5, 0.6) is 0 Å². The normalized spacial score (nSPS) is 26.2. The third kappa shape index (κ3) is 4.89. The Bertz CT molecular complexity index is 501. The number of nitrogens with zero attached hydrogens (tertiary/aromatic N) is 2. The zero-order valence-corrected chi connectivity index (χ0v) is 15.3. The van der Waals surface area contributed by atoms with Gasteiger partial charge in [-0.05, 0) is 53.2 Å². The third-order valence-corrected chi connectivity index (χ3v) is 5.51. The molecule has 5 nitrogen and oxygen atoms in total. The number of aromatic nitrogens is 1. The van der Waals surface area contributed by atoms with Crippen molar-refractivity contribution in [2.75, 3.05) is 38.7 Å². The molecule has 0 amide bonds. The van der Waals surface area contributed by atoms with Gasteiger partial charge in [0.1, 0.15) is 5.82 Å². The maximum Gasteiger partial charge on any atom is 0.126 e. The lowest BCUT2D eigenvalue weighted by Crippen LogP contribution is -2.35. The van der Waals surface area contributed by atoms with Crippen molar-refractivity contribution < 1.29 is 9.47 Å². The Morgan fingerprint density at radius 3 is 2.74 bits per heavy atom. The van der Waals surface area contributed by atoms with E-state index in [1.165, 1.54) is 5.56 Å². The zero-order valence-electron chi connectivity index (χ0n) is 13.8. The standard InChI is InChI=1S/C17H26BrN3O2/c1-22-15-4-2-14(3-5-15)20-17-10-13(16(18)11-19-17)12-21-6-8-23-9-7-21/h10-11,14-15H,2-9,12H2,1H3,(H,19,20). The van der Waals surface area contributed by atoms with E-state index in [0.29, 0.717) is 12.1 Å². The molecule has 3 rings (SSSR count). The Labute approximate surface area is 146 Å². The Hall–Kier alpha value is -0.690. The molecule has 0 unspecified atom stereocenters. The molecule has 1 aromatic rings. The van der Waals surface area contributed by atoms with Crippen molar-refractivity contribution in [1.82, 2.24) is 9.88 Å². The summed E-state index contributed by atoms with van der Waals surface area (Å²) in [6.07, 6.45) is 6.91. The molecule has 128 valence electrons. The predicted molar refractivity (Wildman–Crippen MR) is 94.7 cm³/mol. The van der Waals surface area contributed by atoms with Crippen molar-refractivity contribution in [3.05, 3.63) is 22.3 Å². The van der Waals surface area contributed by atoms with E-state index >= 15 is 0 Å². The van der Waals surface area contributed by atoms with Gasteiger partial charge in [0.15, 0.2) is 0 Å². The highest BCUT2D eigenvalue weighted by molar-refractivity contribution is 9.10. The van der Waals surface area contributed by atoms with E-state index in [0.717, 1.165) is 68.8 Å². The predicted octanol–water partition coefficient (Wildman–Crippen LogP) is 3.05. The fraction of sp³-hybridized carbons (Fsp3) is 0.706. The molecule has 1 saturated carbocycles. The monoisotopic (exact) mass is 383 g/mol. The lowest BCUT2D eigenvalue weighted by atomic mass is 9.93. The molecule has 0 bridgehead atoms. The summed E-state index contributed by atoms with van der Waals surface area (Å²) < 4.78 is 11.9. The summed E-state index contributed by atoms with van der Waals surface area (Å²) in [5.74, 6) is 0.984. The minimum Gasteiger partial charge on any atom is -0.381 e. The van der Waals surface area contributed by atoms with Crippen molar-refractivity contribution >= 4 is 21.7 Å². The van der Waals surface area contributed by atoms with Gasteiger partial charge in [-0.3, -0.25) is 4.90 Å². The van der Waals surface area contributed by atoms with E-state index in [2.05, 4.69) is 37.2 Å². The zero-order chi connectivity index (χ0) is 16.1. The first-order chi connectivity index (χ1) is 11.2. The number of rotatable bonds is 5. The number of hydrogen-bond donors (Lipinski definition) is 1. The maximum atomic E-state index is 5.44. The minimum atomic E-state index is 0.433. The van der Waals surface area contributed by atoms with Gasteiger partial charge in [-0.25, -0.2) is 4.98 Å². The molecule has 2 aliphatic rings. The first-order valence-corrected chi connectivity index (χ1v) is 9.28. The van der Waals surface area contributed by atoms with E-state index in [1.54, 1.807) is 0 Å². The molecule has 2 heterocycles. The second kappa shape index (κ2) is 8.42. The molecule has 23 heavy (non-hydrogen) atoms. The highest BCUT2D eigenvalue weighted by atomic mass is 79.9. The number of ether oxygens (including phenoxy) is 2. The Kier molecular flexibility index (Phi) is 6.28. The molecule has 0 spiro atoms. The average Bonchev–Trinajstić information content (AvgIpc) is 2.59. The van der Waals surface area contributed by atoms with Crippen molar-refractivity contribution in [3.63, 3.8) is 0 Å². The van der Waals surface area contributed by atoms with E-state index in [1.807, 2.05) is 13.3 Å². The van der Waals surface area contributed by atoms with Crippen LogP contribution >= 0.6 is 15.9 Å². The third-order valence-electron chi connectivity index (χ3n) is 4.79. The second-order valence-electron chi connectivity index (χ2n) is 6.40. The number of halogens is 1. The number of morpholine rings is 1. The minimum absolute atomic E-state index is 0.433. The van der Waals surface area contributed by atoms with Crippen LogP contribution in [-0.2, 0) is 16.0 Å². The van der Waals surface area contributed by atoms with Crippen LogP contribution in [-0.4, -0.2) is 55.4 Å². The van der Waals surface area contributed by atoms with Crippen molar-refractivity contribution in [2.24, 2.45) is 0 Å². The van der Waals surface area contributed by atoms with Gasteiger partial charge >= 0.3 is 0 Å². The van der Waals surface area contributed by atoms with Gasteiger partial charge in [0.2, 0.25) is 0 Å². The molecule has 1 aliphatic carbocycles. The molecule has 0 atom stereocenters. The molecule has 1 N–H and O–H groups in total. The molecular formula is C17H26BrN3O2. The molecule has 0 radical (unpaired) electrons. The van der Waals surface area contributed by atoms with Gasteiger partial charge in [0, 0.05) is 43.5 Å². The van der Waals surface area contributed by atoms with E-state index in [-0.39, 0.29) is 0 Å². The van der Waals surface area contributed by atoms with Crippen LogP contribution in [0.25, 0.3) is 0 Å². The lowest BCUT2D eigenvalue weighted by molar-refractivity contribution is 0.0341. The van der Waals surface area contributed by atoms with Gasteiger partial charge in [-0.15, -0.1) is 0 Å². The number of hydrogen-bond acceptors (Lipinski definition) is 5. The summed E-state index contributed by atoms with van der Waals surface area (Å²) in [6.45, 7) is 4.60. The summed E-state index contributed by atoms with van der Waals surface area (Å²) >= 11 is 3.63. The number of pyridine rings is 1. The van der Waals surface area contributed by atoms with Crippen LogP contribution in [0.15, 0.2) is 16.7 Å².